The van der Waals surface area contributed by atoms with Crippen LogP contribution in [0.4, 0.5) is 18.9 Å². The molecule has 2 N–H and O–H groups in total. The molecule has 0 saturated heterocycles. The number of hydrogen-bond acceptors (Lipinski definition) is 7. The van der Waals surface area contributed by atoms with E-state index in [2.05, 4.69) is 28.3 Å². The second-order valence-electron chi connectivity index (χ2n) is 15.2. The lowest BCUT2D eigenvalue weighted by molar-refractivity contribution is -0.139. The van der Waals surface area contributed by atoms with Gasteiger partial charge in [0.15, 0.2) is 5.82 Å². The van der Waals surface area contributed by atoms with E-state index in [1.54, 1.807) is 12.1 Å². The van der Waals surface area contributed by atoms with Gasteiger partial charge in [0.2, 0.25) is 5.91 Å². The van der Waals surface area contributed by atoms with Crippen LogP contribution in [0.2, 0.25) is 0 Å². The van der Waals surface area contributed by atoms with E-state index < -0.39 is 42.5 Å². The molecule has 0 aliphatic heterocycles. The standard InChI is InChI=1S/C45H49F3N4O6/c1-4-28-5-9-30(10-6-28)31-13-15-32(16-14-31)36-24-49-43(50-25-36)33-11-7-29(8-12-33)26-52(27-42(54)55)44(56)35-18-20-39(40(21-35)58-3)51-41(53)22-34-17-19-37(57-2)23-38(34)45(46,47)48/h7-8,11-12,15,17-21,23-25,28,30-31H,4-6,9-10,13-14,16,22,26-27H2,1-3H3,(H,51,53)(H,54,55)/t28-,30-,31?. The van der Waals surface area contributed by atoms with E-state index in [0.717, 1.165) is 52.7 Å². The average Bonchev–Trinajstić information content (AvgIpc) is 3.23. The van der Waals surface area contributed by atoms with E-state index in [1.165, 1.54) is 88.6 Å². The molecule has 2 aliphatic rings. The number of aliphatic carboxylic acids is 1. The number of methoxy groups -OCH3 is 2. The molecule has 0 spiro atoms. The van der Waals surface area contributed by atoms with Crippen molar-refractivity contribution in [2.45, 2.75) is 77.4 Å². The SMILES string of the molecule is CC[C@H]1CC[C@H](C2CC=C(c3cnc(-c4ccc(CN(CC(=O)O)C(=O)c5ccc(NC(=O)Cc6ccc(OC)cc6C(F)(F)F)c(OC)c5)cc4)nc3)CC2)CC1. The Morgan fingerprint density at radius 2 is 1.60 bits per heavy atom. The number of carboxylic acid groups (broad SMARTS) is 1. The third-order valence-corrected chi connectivity index (χ3v) is 11.5. The number of rotatable bonds is 14. The first-order chi connectivity index (χ1) is 27.8. The molecule has 1 atom stereocenters. The highest BCUT2D eigenvalue weighted by Crippen LogP contribution is 2.42. The number of anilines is 1. The second kappa shape index (κ2) is 18.7. The molecule has 1 unspecified atom stereocenters. The Bertz CT molecular complexity index is 2110. The number of nitrogens with one attached hydrogen (secondary N) is 1. The van der Waals surface area contributed by atoms with Crippen molar-refractivity contribution in [2.24, 2.45) is 17.8 Å². The number of carbonyl (C=O) groups is 3. The van der Waals surface area contributed by atoms with Gasteiger partial charge in [-0.05, 0) is 96.9 Å². The molecular weight excluding hydrogens is 750 g/mol. The maximum atomic E-state index is 13.7. The summed E-state index contributed by atoms with van der Waals surface area (Å²) >= 11 is 0. The molecule has 1 saturated carbocycles. The molecule has 306 valence electrons. The van der Waals surface area contributed by atoms with E-state index >= 15 is 0 Å². The largest absolute Gasteiger partial charge is 0.497 e. The number of halogens is 3. The Kier molecular flexibility index (Phi) is 13.5. The van der Waals surface area contributed by atoms with Crippen molar-refractivity contribution in [1.82, 2.24) is 14.9 Å². The molecule has 0 radical (unpaired) electrons. The highest BCUT2D eigenvalue weighted by molar-refractivity contribution is 5.99. The fourth-order valence-corrected chi connectivity index (χ4v) is 8.18. The first kappa shape index (κ1) is 41.9. The zero-order valence-electron chi connectivity index (χ0n) is 33.0. The van der Waals surface area contributed by atoms with Crippen molar-refractivity contribution < 1.29 is 42.1 Å². The number of allylic oxidation sites excluding steroid dienone is 2. The van der Waals surface area contributed by atoms with Gasteiger partial charge in [-0.1, -0.05) is 62.6 Å². The van der Waals surface area contributed by atoms with Gasteiger partial charge in [0.1, 0.15) is 18.0 Å². The molecule has 3 aromatic carbocycles. The van der Waals surface area contributed by atoms with Crippen LogP contribution in [-0.4, -0.2) is 58.5 Å². The predicted molar refractivity (Wildman–Crippen MR) is 214 cm³/mol. The Hall–Kier alpha value is -5.72. The quantitative estimate of drug-likeness (QED) is 0.129. The monoisotopic (exact) mass is 798 g/mol. The molecule has 2 aliphatic carbocycles. The van der Waals surface area contributed by atoms with E-state index in [-0.39, 0.29) is 34.9 Å². The lowest BCUT2D eigenvalue weighted by Crippen LogP contribution is -2.35. The number of carboxylic acids is 1. The van der Waals surface area contributed by atoms with E-state index in [4.69, 9.17) is 9.47 Å². The van der Waals surface area contributed by atoms with Gasteiger partial charge in [-0.25, -0.2) is 9.97 Å². The van der Waals surface area contributed by atoms with Crippen LogP contribution in [0.15, 0.2) is 79.1 Å². The first-order valence-corrected chi connectivity index (χ1v) is 19.7. The Balaban J connectivity index is 1.08. The van der Waals surface area contributed by atoms with Crippen molar-refractivity contribution in [3.8, 4) is 22.9 Å². The van der Waals surface area contributed by atoms with E-state index in [1.807, 2.05) is 24.5 Å². The second-order valence-corrected chi connectivity index (χ2v) is 15.2. The van der Waals surface area contributed by atoms with Gasteiger partial charge >= 0.3 is 12.1 Å². The van der Waals surface area contributed by atoms with Crippen LogP contribution in [-0.2, 0) is 28.7 Å². The lowest BCUT2D eigenvalue weighted by Gasteiger charge is -2.35. The highest BCUT2D eigenvalue weighted by atomic mass is 19.4. The summed E-state index contributed by atoms with van der Waals surface area (Å²) < 4.78 is 51.4. The normalized spacial score (nSPS) is 18.2. The molecule has 4 aromatic rings. The van der Waals surface area contributed by atoms with E-state index in [9.17, 15) is 32.7 Å². The smallest absolute Gasteiger partial charge is 0.416 e. The number of alkyl halides is 3. The predicted octanol–water partition coefficient (Wildman–Crippen LogP) is 9.49. The molecular formula is C45H49F3N4O6. The van der Waals surface area contributed by atoms with Crippen molar-refractivity contribution >= 4 is 29.0 Å². The van der Waals surface area contributed by atoms with Crippen molar-refractivity contribution in [2.75, 3.05) is 26.1 Å². The van der Waals surface area contributed by atoms with Gasteiger partial charge in [0.25, 0.3) is 5.91 Å². The molecule has 1 aromatic heterocycles. The lowest BCUT2D eigenvalue weighted by atomic mass is 9.71. The molecule has 6 rings (SSSR count). The van der Waals surface area contributed by atoms with E-state index in [0.29, 0.717) is 11.4 Å². The van der Waals surface area contributed by atoms with Gasteiger partial charge in [0, 0.05) is 35.6 Å². The van der Waals surface area contributed by atoms with Crippen molar-refractivity contribution in [3.05, 3.63) is 107 Å². The topological polar surface area (TPSA) is 131 Å². The highest BCUT2D eigenvalue weighted by Gasteiger charge is 2.34. The average molecular weight is 799 g/mol. The molecule has 1 heterocycles. The number of hydrogen-bond donors (Lipinski definition) is 2. The van der Waals surface area contributed by atoms with Crippen LogP contribution in [0.5, 0.6) is 11.5 Å². The summed E-state index contributed by atoms with van der Waals surface area (Å²) in [5, 5.41) is 12.2. The summed E-state index contributed by atoms with van der Waals surface area (Å²) in [7, 11) is 2.55. The first-order valence-electron chi connectivity index (χ1n) is 19.7. The fourth-order valence-electron chi connectivity index (χ4n) is 8.18. The molecule has 13 heteroatoms. The number of nitrogens with zero attached hydrogens (tertiary/aromatic N) is 3. The van der Waals surface area contributed by atoms with Crippen molar-refractivity contribution in [3.63, 3.8) is 0 Å². The van der Waals surface area contributed by atoms with Gasteiger partial charge in [0.05, 0.1) is 31.9 Å². The number of carbonyl (C=O) groups excluding carboxylic acids is 2. The zero-order valence-corrected chi connectivity index (χ0v) is 33.0. The van der Waals surface area contributed by atoms with Crippen LogP contribution in [0.25, 0.3) is 17.0 Å². The minimum atomic E-state index is -4.71. The fraction of sp³-hybridized carbons (Fsp3) is 0.400. The third-order valence-electron chi connectivity index (χ3n) is 11.5. The van der Waals surface area contributed by atoms with Crippen LogP contribution in [0, 0.1) is 17.8 Å². The summed E-state index contributed by atoms with van der Waals surface area (Å²) in [6.07, 6.45) is 10.9. The summed E-state index contributed by atoms with van der Waals surface area (Å²) in [5.41, 5.74) is 2.74. The maximum absolute atomic E-state index is 13.7. The minimum Gasteiger partial charge on any atom is -0.497 e. The summed E-state index contributed by atoms with van der Waals surface area (Å²) in [4.78, 5) is 48.8. The molecule has 0 bridgehead atoms. The van der Waals surface area contributed by atoms with Crippen molar-refractivity contribution in [1.29, 1.82) is 0 Å². The van der Waals surface area contributed by atoms with Gasteiger partial charge in [-0.15, -0.1) is 0 Å². The van der Waals surface area contributed by atoms with Crippen LogP contribution < -0.4 is 14.8 Å². The number of aromatic nitrogens is 2. The maximum Gasteiger partial charge on any atom is 0.416 e. The Labute approximate surface area is 336 Å². The third kappa shape index (κ3) is 10.4. The van der Waals surface area contributed by atoms with Gasteiger partial charge < -0.3 is 24.8 Å². The molecule has 1 fully saturated rings. The Morgan fingerprint density at radius 1 is 0.879 bits per heavy atom. The van der Waals surface area contributed by atoms with Gasteiger partial charge in [-0.3, -0.25) is 14.4 Å². The molecule has 2 amide bonds. The van der Waals surface area contributed by atoms with Crippen LogP contribution >= 0.6 is 0 Å². The molecule has 58 heavy (non-hydrogen) atoms. The number of benzene rings is 3. The summed E-state index contributed by atoms with van der Waals surface area (Å²) in [6.45, 7) is 1.69. The van der Waals surface area contributed by atoms with Crippen LogP contribution in [0.3, 0.4) is 0 Å². The number of ether oxygens (including phenoxy) is 2. The zero-order chi connectivity index (χ0) is 41.4. The van der Waals surface area contributed by atoms with Gasteiger partial charge in [-0.2, -0.15) is 13.2 Å². The summed E-state index contributed by atoms with van der Waals surface area (Å²) in [6, 6.07) is 14.7. The number of amides is 2. The molecule has 10 nitrogen and oxygen atoms in total. The summed E-state index contributed by atoms with van der Waals surface area (Å²) in [5.74, 6) is 0.563. The Morgan fingerprint density at radius 3 is 2.21 bits per heavy atom. The minimum absolute atomic E-state index is 0.00214. The van der Waals surface area contributed by atoms with Crippen LogP contribution in [0.1, 0.15) is 90.9 Å².